The molecule has 0 fully saturated rings. The van der Waals surface area contributed by atoms with Crippen LogP contribution in [0.25, 0.3) is 0 Å². The molecular weight excluding hydrogens is 372 g/mol. The van der Waals surface area contributed by atoms with E-state index in [9.17, 15) is 24.3 Å². The van der Waals surface area contributed by atoms with E-state index in [-0.39, 0.29) is 28.7 Å². The molecule has 6 heteroatoms. The summed E-state index contributed by atoms with van der Waals surface area (Å²) in [4.78, 5) is 50.4. The van der Waals surface area contributed by atoms with Crippen molar-refractivity contribution >= 4 is 23.8 Å². The van der Waals surface area contributed by atoms with Crippen molar-refractivity contribution in [2.24, 2.45) is 0 Å². The Morgan fingerprint density at radius 2 is 1.76 bits per heavy atom. The summed E-state index contributed by atoms with van der Waals surface area (Å²) in [7, 11) is 0. The van der Waals surface area contributed by atoms with Gasteiger partial charge in [-0.15, -0.1) is 0 Å². The highest BCUT2D eigenvalue weighted by molar-refractivity contribution is 6.42. The van der Waals surface area contributed by atoms with E-state index in [1.54, 1.807) is 13.8 Å². The molecule has 1 unspecified atom stereocenters. The Balaban J connectivity index is 2.34. The Kier molecular flexibility index (Phi) is 4.58. The molecule has 0 saturated heterocycles. The SMILES string of the molecule is C=C(C)C#CC1=CC(=O)C2(C(=O)Oc3c(C#CC(=C)C)cc(O)c(C=O)c32)C1=O. The van der Waals surface area contributed by atoms with Crippen LogP contribution < -0.4 is 4.74 Å². The average Bonchev–Trinajstić information content (AvgIpc) is 3.08. The van der Waals surface area contributed by atoms with Gasteiger partial charge < -0.3 is 9.84 Å². The maximum Gasteiger partial charge on any atom is 0.338 e. The minimum absolute atomic E-state index is 0.0402. The van der Waals surface area contributed by atoms with Crippen molar-refractivity contribution in [3.05, 3.63) is 58.7 Å². The molecule has 0 bridgehead atoms. The van der Waals surface area contributed by atoms with Crippen molar-refractivity contribution in [1.29, 1.82) is 0 Å². The monoisotopic (exact) mass is 386 g/mol. The lowest BCUT2D eigenvalue weighted by Gasteiger charge is -2.18. The maximum absolute atomic E-state index is 13.1. The number of aromatic hydroxyl groups is 1. The number of fused-ring (bicyclic) bond motifs is 2. The lowest BCUT2D eigenvalue weighted by atomic mass is 9.74. The molecule has 2 aliphatic rings. The van der Waals surface area contributed by atoms with Gasteiger partial charge in [0.2, 0.25) is 11.2 Å². The van der Waals surface area contributed by atoms with Gasteiger partial charge in [0.05, 0.1) is 16.7 Å². The fourth-order valence-corrected chi connectivity index (χ4v) is 3.12. The number of carbonyl (C=O) groups is 4. The third-order valence-corrected chi connectivity index (χ3v) is 4.34. The first-order chi connectivity index (χ1) is 13.6. The number of ether oxygens (including phenoxy) is 1. The Hall–Kier alpha value is -4.16. The highest BCUT2D eigenvalue weighted by Gasteiger charge is 2.65. The lowest BCUT2D eigenvalue weighted by molar-refractivity contribution is -0.145. The second-order valence-corrected chi connectivity index (χ2v) is 6.63. The summed E-state index contributed by atoms with van der Waals surface area (Å²) in [5, 5.41) is 10.3. The van der Waals surface area contributed by atoms with Crippen molar-refractivity contribution in [3.63, 3.8) is 0 Å². The molecule has 1 heterocycles. The Labute approximate surface area is 166 Å². The maximum atomic E-state index is 13.1. The van der Waals surface area contributed by atoms with Gasteiger partial charge in [-0.3, -0.25) is 14.4 Å². The number of esters is 1. The van der Waals surface area contributed by atoms with E-state index < -0.39 is 34.3 Å². The lowest BCUT2D eigenvalue weighted by Crippen LogP contribution is -2.45. The van der Waals surface area contributed by atoms with Crippen LogP contribution in [-0.2, 0) is 19.8 Å². The van der Waals surface area contributed by atoms with Gasteiger partial charge in [-0.2, -0.15) is 0 Å². The molecule has 1 atom stereocenters. The first-order valence-corrected chi connectivity index (χ1v) is 8.38. The fourth-order valence-electron chi connectivity index (χ4n) is 3.12. The predicted octanol–water partition coefficient (Wildman–Crippen LogP) is 1.95. The number of hydrogen-bond donors (Lipinski definition) is 1. The standard InChI is InChI=1S/C23H14O6/c1-12(2)5-7-14-9-17(25)16(11-24)19-20(14)29-22(28)23(19)18(26)10-15(21(23)27)8-6-13(3)4/h9-11,25H,1,3H2,2,4H3. The van der Waals surface area contributed by atoms with Crippen molar-refractivity contribution in [2.45, 2.75) is 19.3 Å². The molecule has 0 radical (unpaired) electrons. The van der Waals surface area contributed by atoms with Crippen LogP contribution in [0.5, 0.6) is 11.5 Å². The van der Waals surface area contributed by atoms with E-state index in [4.69, 9.17) is 4.74 Å². The average molecular weight is 386 g/mol. The molecule has 1 aliphatic heterocycles. The van der Waals surface area contributed by atoms with Crippen LogP contribution in [-0.4, -0.2) is 28.9 Å². The van der Waals surface area contributed by atoms with Crippen LogP contribution in [0.4, 0.5) is 0 Å². The summed E-state index contributed by atoms with van der Waals surface area (Å²) in [6.07, 6.45) is 1.19. The van der Waals surface area contributed by atoms with Gasteiger partial charge in [0.15, 0.2) is 17.8 Å². The number of phenolic OH excluding ortho intramolecular Hbond substituents is 1. The summed E-state index contributed by atoms with van der Waals surface area (Å²) < 4.78 is 5.24. The number of Topliss-reactive ketones (excluding diaryl/α,β-unsaturated/α-hetero) is 1. The Morgan fingerprint density at radius 1 is 1.14 bits per heavy atom. The molecule has 0 saturated carbocycles. The van der Waals surface area contributed by atoms with Gasteiger partial charge in [-0.1, -0.05) is 36.8 Å². The van der Waals surface area contributed by atoms with Crippen molar-refractivity contribution in [2.75, 3.05) is 0 Å². The second-order valence-electron chi connectivity index (χ2n) is 6.63. The molecular formula is C23H14O6. The van der Waals surface area contributed by atoms with E-state index in [2.05, 4.69) is 36.8 Å². The molecule has 1 spiro atoms. The fraction of sp³-hybridized carbons (Fsp3) is 0.130. The van der Waals surface area contributed by atoms with Gasteiger partial charge in [0.1, 0.15) is 5.75 Å². The zero-order chi connectivity index (χ0) is 21.5. The Bertz CT molecular complexity index is 1220. The molecule has 1 aromatic rings. The van der Waals surface area contributed by atoms with Crippen LogP contribution in [0.15, 0.2) is 42.0 Å². The Morgan fingerprint density at radius 3 is 2.34 bits per heavy atom. The second kappa shape index (κ2) is 6.78. The largest absolute Gasteiger partial charge is 0.507 e. The summed E-state index contributed by atoms with van der Waals surface area (Å²) in [6, 6.07) is 1.13. The van der Waals surface area contributed by atoms with E-state index in [1.165, 1.54) is 0 Å². The van der Waals surface area contributed by atoms with Crippen molar-refractivity contribution in [3.8, 4) is 35.2 Å². The van der Waals surface area contributed by atoms with E-state index in [1.807, 2.05) is 0 Å². The zero-order valence-corrected chi connectivity index (χ0v) is 15.6. The van der Waals surface area contributed by atoms with Crippen molar-refractivity contribution < 1.29 is 29.0 Å². The molecule has 1 aliphatic carbocycles. The van der Waals surface area contributed by atoms with Gasteiger partial charge in [0.25, 0.3) is 0 Å². The van der Waals surface area contributed by atoms with Crippen molar-refractivity contribution in [1.82, 2.24) is 0 Å². The first kappa shape index (κ1) is 19.6. The van der Waals surface area contributed by atoms with Gasteiger partial charge in [-0.05, 0) is 25.0 Å². The third-order valence-electron chi connectivity index (χ3n) is 4.34. The molecule has 3 rings (SSSR count). The van der Waals surface area contributed by atoms with Gasteiger partial charge in [0, 0.05) is 17.7 Å². The summed E-state index contributed by atoms with van der Waals surface area (Å²) in [6.45, 7) is 10.5. The minimum Gasteiger partial charge on any atom is -0.507 e. The normalized spacial score (nSPS) is 18.8. The highest BCUT2D eigenvalue weighted by atomic mass is 16.5. The zero-order valence-electron chi connectivity index (χ0n) is 15.6. The van der Waals surface area contributed by atoms with E-state index >= 15 is 0 Å². The van der Waals surface area contributed by atoms with Crippen LogP contribution in [0.3, 0.4) is 0 Å². The number of phenols is 1. The number of carbonyl (C=O) groups excluding carboxylic acids is 4. The predicted molar refractivity (Wildman–Crippen MR) is 103 cm³/mol. The number of aldehydes is 1. The van der Waals surface area contributed by atoms with E-state index in [0.717, 1.165) is 12.1 Å². The van der Waals surface area contributed by atoms with Crippen LogP contribution in [0.2, 0.25) is 0 Å². The molecule has 0 aromatic heterocycles. The van der Waals surface area contributed by atoms with E-state index in [0.29, 0.717) is 11.1 Å². The summed E-state index contributed by atoms with van der Waals surface area (Å²) >= 11 is 0. The smallest absolute Gasteiger partial charge is 0.338 e. The molecule has 0 amide bonds. The number of ketones is 2. The minimum atomic E-state index is -2.43. The van der Waals surface area contributed by atoms with Crippen LogP contribution >= 0.6 is 0 Å². The molecule has 1 aromatic carbocycles. The molecule has 6 nitrogen and oxygen atoms in total. The van der Waals surface area contributed by atoms with Gasteiger partial charge in [-0.25, -0.2) is 4.79 Å². The van der Waals surface area contributed by atoms with Crippen LogP contribution in [0.1, 0.15) is 35.3 Å². The molecule has 29 heavy (non-hydrogen) atoms. The summed E-state index contributed by atoms with van der Waals surface area (Å²) in [5.74, 6) is 6.68. The quantitative estimate of drug-likeness (QED) is 0.260. The summed E-state index contributed by atoms with van der Waals surface area (Å²) in [5.41, 5.74) is -2.37. The molecule has 1 N–H and O–H groups in total. The number of allylic oxidation sites excluding steroid dienone is 4. The topological polar surface area (TPSA) is 97.7 Å². The first-order valence-electron chi connectivity index (χ1n) is 8.38. The number of benzene rings is 1. The van der Waals surface area contributed by atoms with Gasteiger partial charge >= 0.3 is 5.97 Å². The molecule has 142 valence electrons. The van der Waals surface area contributed by atoms with Crippen LogP contribution in [0, 0.1) is 23.7 Å². The number of hydrogen-bond acceptors (Lipinski definition) is 6. The number of rotatable bonds is 1. The highest BCUT2D eigenvalue weighted by Crippen LogP contribution is 2.50. The third kappa shape index (κ3) is 2.79.